The summed E-state index contributed by atoms with van der Waals surface area (Å²) >= 11 is 0. The first-order chi connectivity index (χ1) is 20.9. The van der Waals surface area contributed by atoms with Crippen LogP contribution in [0, 0.1) is 6.92 Å². The van der Waals surface area contributed by atoms with Crippen molar-refractivity contribution in [3.8, 4) is 5.69 Å². The van der Waals surface area contributed by atoms with Crippen molar-refractivity contribution in [1.29, 1.82) is 0 Å². The van der Waals surface area contributed by atoms with Crippen LogP contribution >= 0.6 is 0 Å². The highest BCUT2D eigenvalue weighted by Crippen LogP contribution is 2.19. The molecule has 4 aromatic rings. The first-order valence-corrected chi connectivity index (χ1v) is 14.7. The largest absolute Gasteiger partial charge is 0.369 e. The Morgan fingerprint density at radius 3 is 2.09 bits per heavy atom. The summed E-state index contributed by atoms with van der Waals surface area (Å²) in [6.07, 6.45) is 3.95. The maximum Gasteiger partial charge on any atom is 0.337 e. The minimum Gasteiger partial charge on any atom is -0.369 e. The lowest BCUT2D eigenvalue weighted by molar-refractivity contribution is 0.0792. The van der Waals surface area contributed by atoms with Crippen LogP contribution in [0.2, 0.25) is 0 Å². The average Bonchev–Trinajstić information content (AvgIpc) is 3.03. The smallest absolute Gasteiger partial charge is 0.337 e. The predicted octanol–water partition coefficient (Wildman–Crippen LogP) is 3.88. The van der Waals surface area contributed by atoms with Gasteiger partial charge in [0.05, 0.1) is 16.6 Å². The van der Waals surface area contributed by atoms with Crippen LogP contribution < -0.4 is 16.1 Å². The molecule has 1 saturated heterocycles. The fourth-order valence-corrected chi connectivity index (χ4v) is 5.69. The van der Waals surface area contributed by atoms with E-state index in [1.54, 1.807) is 58.9 Å². The molecule has 9 nitrogen and oxygen atoms in total. The fourth-order valence-electron chi connectivity index (χ4n) is 5.69. The van der Waals surface area contributed by atoms with E-state index in [9.17, 15) is 14.4 Å². The zero-order valence-corrected chi connectivity index (χ0v) is 24.7. The van der Waals surface area contributed by atoms with Crippen molar-refractivity contribution in [3.63, 3.8) is 0 Å². The summed E-state index contributed by atoms with van der Waals surface area (Å²) in [6, 6.07) is 20.9. The number of amides is 1. The van der Waals surface area contributed by atoms with Gasteiger partial charge in [0.2, 0.25) is 0 Å². The molecule has 1 aliphatic rings. The number of carbonyl (C=O) groups is 1. The molecule has 0 atom stereocenters. The lowest BCUT2D eigenvalue weighted by Crippen LogP contribution is -2.47. The molecule has 2 aromatic carbocycles. The van der Waals surface area contributed by atoms with Crippen molar-refractivity contribution >= 4 is 22.6 Å². The number of aromatic nitrogens is 3. The minimum atomic E-state index is -0.563. The monoisotopic (exact) mass is 578 g/mol. The number of hydrogen-bond donors (Lipinski definition) is 0. The minimum absolute atomic E-state index is 0.133. The average molecular weight is 579 g/mol. The molecule has 0 aliphatic carbocycles. The molecule has 0 spiro atoms. The number of fused-ring (bicyclic) bond motifs is 1. The van der Waals surface area contributed by atoms with Crippen molar-refractivity contribution in [2.24, 2.45) is 0 Å². The maximum atomic E-state index is 14.0. The van der Waals surface area contributed by atoms with E-state index in [0.29, 0.717) is 24.3 Å². The Morgan fingerprint density at radius 2 is 1.49 bits per heavy atom. The summed E-state index contributed by atoms with van der Waals surface area (Å²) in [4.78, 5) is 52.8. The molecular weight excluding hydrogens is 540 g/mol. The zero-order valence-electron chi connectivity index (χ0n) is 24.7. The second-order valence-electron chi connectivity index (χ2n) is 10.7. The predicted molar refractivity (Wildman–Crippen MR) is 172 cm³/mol. The van der Waals surface area contributed by atoms with Crippen molar-refractivity contribution in [2.45, 2.75) is 19.9 Å². The summed E-state index contributed by atoms with van der Waals surface area (Å²) in [6.45, 7) is 14.8. The first kappa shape index (κ1) is 29.7. The number of nitrogens with zero attached hydrogens (tertiary/aromatic N) is 6. The van der Waals surface area contributed by atoms with Crippen LogP contribution in [0.4, 0.5) is 5.69 Å². The highest BCUT2D eigenvalue weighted by Gasteiger charge is 2.25. The van der Waals surface area contributed by atoms with Gasteiger partial charge in [0, 0.05) is 57.2 Å². The van der Waals surface area contributed by atoms with Gasteiger partial charge in [0.1, 0.15) is 0 Å². The maximum absolute atomic E-state index is 14.0. The Hall–Kier alpha value is -4.76. The second-order valence-corrected chi connectivity index (χ2v) is 10.7. The third kappa shape index (κ3) is 6.36. The number of anilines is 1. The lowest BCUT2D eigenvalue weighted by Gasteiger charge is -2.36. The standard InChI is InChI=1S/C34H38N6O3/c1-4-17-38(18-5-2)32(41)29-25-26(3)35-31-30(29)33(42)40(28-15-10-7-11-16-28)34(43)39(31)20-12-19-36-21-23-37(24-22-36)27-13-8-6-9-14-27/h4-11,13-16,25H,1-2,12,17-24H2,3H3. The number of aryl methyl sites for hydroxylation is 2. The van der Waals surface area contributed by atoms with Gasteiger partial charge < -0.3 is 9.80 Å². The van der Waals surface area contributed by atoms with Gasteiger partial charge in [-0.05, 0) is 50.2 Å². The molecule has 0 N–H and O–H groups in total. The van der Waals surface area contributed by atoms with Crippen LogP contribution in [0.25, 0.3) is 16.7 Å². The number of pyridine rings is 1. The van der Waals surface area contributed by atoms with Gasteiger partial charge in [-0.25, -0.2) is 14.3 Å². The molecule has 43 heavy (non-hydrogen) atoms. The molecule has 0 saturated carbocycles. The van der Waals surface area contributed by atoms with E-state index in [2.05, 4.69) is 52.2 Å². The molecular formula is C34H38N6O3. The molecule has 0 radical (unpaired) electrons. The summed E-state index contributed by atoms with van der Waals surface area (Å²) in [5.41, 5.74) is 1.64. The summed E-state index contributed by atoms with van der Waals surface area (Å²) in [5.74, 6) is -0.339. The fraction of sp³-hybridized carbons (Fsp3) is 0.294. The van der Waals surface area contributed by atoms with E-state index in [1.807, 2.05) is 12.1 Å². The summed E-state index contributed by atoms with van der Waals surface area (Å²) in [7, 11) is 0. The Balaban J connectivity index is 1.50. The molecule has 9 heteroatoms. The number of piperazine rings is 1. The van der Waals surface area contributed by atoms with E-state index in [4.69, 9.17) is 0 Å². The van der Waals surface area contributed by atoms with Crippen molar-refractivity contribution < 1.29 is 4.79 Å². The zero-order chi connectivity index (χ0) is 30.3. The Bertz CT molecular complexity index is 1710. The third-order valence-corrected chi connectivity index (χ3v) is 7.80. The molecule has 0 bridgehead atoms. The number of carbonyl (C=O) groups excluding carboxylic acids is 1. The van der Waals surface area contributed by atoms with E-state index in [0.717, 1.165) is 37.3 Å². The van der Waals surface area contributed by atoms with Gasteiger partial charge in [0.15, 0.2) is 5.65 Å². The normalized spacial score (nSPS) is 13.7. The van der Waals surface area contributed by atoms with Crippen LogP contribution in [0.5, 0.6) is 0 Å². The van der Waals surface area contributed by atoms with Gasteiger partial charge in [-0.3, -0.25) is 19.1 Å². The lowest BCUT2D eigenvalue weighted by atomic mass is 10.1. The molecule has 0 unspecified atom stereocenters. The van der Waals surface area contributed by atoms with Crippen LogP contribution in [0.1, 0.15) is 22.5 Å². The molecule has 1 fully saturated rings. The van der Waals surface area contributed by atoms with E-state index >= 15 is 0 Å². The quantitative estimate of drug-likeness (QED) is 0.251. The molecule has 3 heterocycles. The Kier molecular flexibility index (Phi) is 9.32. The van der Waals surface area contributed by atoms with Crippen LogP contribution in [0.3, 0.4) is 0 Å². The topological polar surface area (TPSA) is 83.7 Å². The van der Waals surface area contributed by atoms with E-state index in [-0.39, 0.29) is 35.6 Å². The Labute approximate surface area is 251 Å². The highest BCUT2D eigenvalue weighted by molar-refractivity contribution is 6.05. The van der Waals surface area contributed by atoms with Gasteiger partial charge in [0.25, 0.3) is 11.5 Å². The van der Waals surface area contributed by atoms with Crippen LogP contribution in [-0.4, -0.2) is 75.6 Å². The molecule has 5 rings (SSSR count). The number of para-hydroxylation sites is 2. The van der Waals surface area contributed by atoms with Crippen molar-refractivity contribution in [3.05, 3.63) is 124 Å². The van der Waals surface area contributed by atoms with E-state index < -0.39 is 11.2 Å². The van der Waals surface area contributed by atoms with Gasteiger partial charge in [-0.2, -0.15) is 0 Å². The van der Waals surface area contributed by atoms with Crippen LogP contribution in [0.15, 0.2) is 102 Å². The molecule has 1 aliphatic heterocycles. The molecule has 1 amide bonds. The Morgan fingerprint density at radius 1 is 0.884 bits per heavy atom. The van der Waals surface area contributed by atoms with Crippen molar-refractivity contribution in [2.75, 3.05) is 50.7 Å². The van der Waals surface area contributed by atoms with Gasteiger partial charge in [-0.1, -0.05) is 48.6 Å². The SMILES string of the molecule is C=CCN(CC=C)C(=O)c1cc(C)nc2c1c(=O)n(-c1ccccc1)c(=O)n2CCCN1CCN(c2ccccc2)CC1. The summed E-state index contributed by atoms with van der Waals surface area (Å²) < 4.78 is 2.71. The second kappa shape index (κ2) is 13.5. The van der Waals surface area contributed by atoms with Gasteiger partial charge >= 0.3 is 5.69 Å². The van der Waals surface area contributed by atoms with Gasteiger partial charge in [-0.15, -0.1) is 13.2 Å². The van der Waals surface area contributed by atoms with E-state index in [1.165, 1.54) is 5.69 Å². The number of rotatable bonds is 11. The third-order valence-electron chi connectivity index (χ3n) is 7.80. The number of benzene rings is 2. The molecule has 222 valence electrons. The van der Waals surface area contributed by atoms with Crippen molar-refractivity contribution in [1.82, 2.24) is 23.9 Å². The summed E-state index contributed by atoms with van der Waals surface area (Å²) in [5, 5.41) is 0.133. The first-order valence-electron chi connectivity index (χ1n) is 14.7. The number of hydrogen-bond acceptors (Lipinski definition) is 6. The highest BCUT2D eigenvalue weighted by atomic mass is 16.2. The van der Waals surface area contributed by atoms with Crippen LogP contribution in [-0.2, 0) is 6.54 Å². The molecule has 2 aromatic heterocycles.